The highest BCUT2D eigenvalue weighted by Gasteiger charge is 2.33. The van der Waals surface area contributed by atoms with Crippen LogP contribution in [-0.2, 0) is 4.79 Å². The van der Waals surface area contributed by atoms with Gasteiger partial charge in [0.25, 0.3) is 0 Å². The summed E-state index contributed by atoms with van der Waals surface area (Å²) in [5.41, 5.74) is 0. The first-order valence-electron chi connectivity index (χ1n) is 10.1. The lowest BCUT2D eigenvalue weighted by molar-refractivity contribution is -0.105. The van der Waals surface area contributed by atoms with Gasteiger partial charge in [-0.1, -0.05) is 49.9 Å². The molecular weight excluding hydrogens is 396 g/mol. The summed E-state index contributed by atoms with van der Waals surface area (Å²) in [7, 11) is 0. The second-order valence-electron chi connectivity index (χ2n) is 7.34. The molecule has 154 valence electrons. The van der Waals surface area contributed by atoms with Crippen LogP contribution in [-0.4, -0.2) is 46.1 Å². The van der Waals surface area contributed by atoms with Crippen molar-refractivity contribution in [3.63, 3.8) is 0 Å². The number of amides is 4. The van der Waals surface area contributed by atoms with Crippen molar-refractivity contribution in [3.05, 3.63) is 6.20 Å². The first-order valence-corrected chi connectivity index (χ1v) is 11.9. The molecule has 3 rings (SSSR count). The lowest BCUT2D eigenvalue weighted by atomic mass is 9.89. The highest BCUT2D eigenvalue weighted by atomic mass is 32.2. The number of nitrogens with zero attached hydrogens (tertiary/aromatic N) is 2. The lowest BCUT2D eigenvalue weighted by Gasteiger charge is -2.41. The van der Waals surface area contributed by atoms with E-state index < -0.39 is 6.03 Å². The van der Waals surface area contributed by atoms with Crippen molar-refractivity contribution in [2.24, 2.45) is 0 Å². The molecule has 2 aliphatic carbocycles. The fraction of sp³-hybridized carbons (Fsp3) is 0.684. The van der Waals surface area contributed by atoms with Gasteiger partial charge in [0.1, 0.15) is 6.29 Å². The third-order valence-electron chi connectivity index (χ3n) is 5.39. The number of aromatic nitrogens is 1. The Morgan fingerprint density at radius 1 is 1.11 bits per heavy atom. The summed E-state index contributed by atoms with van der Waals surface area (Å²) in [6.07, 6.45) is 13.6. The highest BCUT2D eigenvalue weighted by Crippen LogP contribution is 2.30. The number of rotatable bonds is 6. The van der Waals surface area contributed by atoms with Gasteiger partial charge in [-0.05, 0) is 25.7 Å². The molecule has 1 aromatic heterocycles. The molecule has 2 saturated carbocycles. The summed E-state index contributed by atoms with van der Waals surface area (Å²) >= 11 is 2.65. The minimum atomic E-state index is -0.553. The maximum absolute atomic E-state index is 13.0. The van der Waals surface area contributed by atoms with E-state index in [2.05, 4.69) is 15.6 Å². The van der Waals surface area contributed by atoms with Crippen molar-refractivity contribution in [1.29, 1.82) is 0 Å². The van der Waals surface area contributed by atoms with Gasteiger partial charge in [-0.25, -0.2) is 14.6 Å². The third-order valence-corrected chi connectivity index (χ3v) is 7.39. The number of thioether (sulfide) groups is 1. The maximum Gasteiger partial charge on any atom is 0.329 e. The quantitative estimate of drug-likeness (QED) is 0.513. The Kier molecular flexibility index (Phi) is 8.14. The van der Waals surface area contributed by atoms with E-state index in [4.69, 9.17) is 0 Å². The molecule has 2 N–H and O–H groups in total. The van der Waals surface area contributed by atoms with Crippen molar-refractivity contribution in [1.82, 2.24) is 15.2 Å². The molecule has 0 saturated heterocycles. The van der Waals surface area contributed by atoms with Gasteiger partial charge in [0.05, 0.1) is 16.2 Å². The molecule has 0 aliphatic heterocycles. The van der Waals surface area contributed by atoms with Gasteiger partial charge in [-0.3, -0.25) is 10.6 Å². The fourth-order valence-corrected chi connectivity index (χ4v) is 5.72. The minimum Gasteiger partial charge on any atom is -0.318 e. The van der Waals surface area contributed by atoms with Gasteiger partial charge in [0, 0.05) is 12.1 Å². The first-order chi connectivity index (χ1) is 13.7. The molecule has 0 spiro atoms. The lowest BCUT2D eigenvalue weighted by Crippen LogP contribution is -2.54. The Bertz CT molecular complexity index is 652. The Hall–Kier alpha value is -1.61. The molecule has 0 unspecified atom stereocenters. The SMILES string of the molecule is O=CCSc1cnc(NC(=O)NC(=O)N(C2CCCCC2)C2CCCCC2)s1. The van der Waals surface area contributed by atoms with Gasteiger partial charge in [-0.15, -0.1) is 11.8 Å². The van der Waals surface area contributed by atoms with Crippen LogP contribution in [0.1, 0.15) is 64.2 Å². The summed E-state index contributed by atoms with van der Waals surface area (Å²) in [6, 6.07) is -0.377. The Balaban J connectivity index is 1.59. The van der Waals surface area contributed by atoms with Gasteiger partial charge in [0.15, 0.2) is 5.13 Å². The number of nitrogens with one attached hydrogen (secondary N) is 2. The Morgan fingerprint density at radius 3 is 2.29 bits per heavy atom. The number of carbonyl (C=O) groups is 3. The predicted molar refractivity (Wildman–Crippen MR) is 112 cm³/mol. The number of imide groups is 1. The average molecular weight is 425 g/mol. The molecule has 7 nitrogen and oxygen atoms in total. The van der Waals surface area contributed by atoms with E-state index in [1.807, 2.05) is 4.90 Å². The number of thiazole rings is 1. The molecule has 1 aromatic rings. The zero-order valence-electron chi connectivity index (χ0n) is 16.0. The smallest absolute Gasteiger partial charge is 0.318 e. The van der Waals surface area contributed by atoms with Crippen LogP contribution in [0.3, 0.4) is 0 Å². The zero-order valence-corrected chi connectivity index (χ0v) is 17.7. The summed E-state index contributed by atoms with van der Waals surface area (Å²) in [6.45, 7) is 0. The second kappa shape index (κ2) is 10.8. The minimum absolute atomic E-state index is 0.232. The maximum atomic E-state index is 13.0. The number of urea groups is 2. The van der Waals surface area contributed by atoms with Crippen LogP contribution in [0, 0.1) is 0 Å². The van der Waals surface area contributed by atoms with E-state index in [1.54, 1.807) is 6.20 Å². The zero-order chi connectivity index (χ0) is 19.8. The monoisotopic (exact) mass is 424 g/mol. The van der Waals surface area contributed by atoms with E-state index in [1.165, 1.54) is 35.9 Å². The average Bonchev–Trinajstić information content (AvgIpc) is 3.15. The standard InChI is InChI=1S/C19H28N4O3S2/c24-11-12-27-16-13-20-18(28-16)21-17(25)22-19(26)23(14-7-3-1-4-8-14)15-9-5-2-6-10-15/h11,13-15H,1-10,12H2,(H2,20,21,22,25,26). The van der Waals surface area contributed by atoms with Crippen molar-refractivity contribution < 1.29 is 14.4 Å². The summed E-state index contributed by atoms with van der Waals surface area (Å²) in [5, 5.41) is 5.57. The number of hydrogen-bond acceptors (Lipinski definition) is 6. The Labute approximate surface area is 174 Å². The van der Waals surface area contributed by atoms with Gasteiger partial charge < -0.3 is 9.69 Å². The predicted octanol–water partition coefficient (Wildman–Crippen LogP) is 4.64. The number of aldehydes is 1. The molecule has 0 radical (unpaired) electrons. The van der Waals surface area contributed by atoms with Crippen LogP contribution in [0.25, 0.3) is 0 Å². The van der Waals surface area contributed by atoms with Crippen LogP contribution in [0.5, 0.6) is 0 Å². The summed E-state index contributed by atoms with van der Waals surface area (Å²) in [5.74, 6) is 0.351. The number of hydrogen-bond donors (Lipinski definition) is 2. The molecule has 2 fully saturated rings. The third kappa shape index (κ3) is 5.94. The van der Waals surface area contributed by atoms with Crippen molar-refractivity contribution in [3.8, 4) is 0 Å². The number of anilines is 1. The molecule has 28 heavy (non-hydrogen) atoms. The second-order valence-corrected chi connectivity index (χ2v) is 9.69. The van der Waals surface area contributed by atoms with Gasteiger partial charge >= 0.3 is 12.1 Å². The molecule has 2 aliphatic rings. The largest absolute Gasteiger partial charge is 0.329 e. The summed E-state index contributed by atoms with van der Waals surface area (Å²) < 4.78 is 0.847. The van der Waals surface area contributed by atoms with Crippen molar-refractivity contribution in [2.45, 2.75) is 80.5 Å². The van der Waals surface area contributed by atoms with E-state index in [0.29, 0.717) is 10.9 Å². The normalized spacial score (nSPS) is 18.4. The topological polar surface area (TPSA) is 91.4 Å². The van der Waals surface area contributed by atoms with Crippen molar-refractivity contribution in [2.75, 3.05) is 11.1 Å². The molecule has 0 aromatic carbocycles. The van der Waals surface area contributed by atoms with E-state index >= 15 is 0 Å². The van der Waals surface area contributed by atoms with Crippen LogP contribution >= 0.6 is 23.1 Å². The van der Waals surface area contributed by atoms with Crippen LogP contribution in [0.4, 0.5) is 14.7 Å². The molecule has 1 heterocycles. The van der Waals surface area contributed by atoms with Crippen LogP contribution in [0.15, 0.2) is 10.4 Å². The van der Waals surface area contributed by atoms with Gasteiger partial charge in [0.2, 0.25) is 0 Å². The molecular formula is C19H28N4O3S2. The molecule has 9 heteroatoms. The molecule has 0 bridgehead atoms. The highest BCUT2D eigenvalue weighted by molar-refractivity contribution is 8.01. The van der Waals surface area contributed by atoms with Crippen molar-refractivity contribution >= 4 is 46.6 Å². The fourth-order valence-electron chi connectivity index (χ4n) is 4.14. The molecule has 0 atom stereocenters. The first kappa shape index (κ1) is 21.1. The van der Waals surface area contributed by atoms with E-state index in [0.717, 1.165) is 61.9 Å². The van der Waals surface area contributed by atoms with Crippen LogP contribution in [0.2, 0.25) is 0 Å². The molecule has 4 amide bonds. The summed E-state index contributed by atoms with van der Waals surface area (Å²) in [4.78, 5) is 41.9. The van der Waals surface area contributed by atoms with Gasteiger partial charge in [-0.2, -0.15) is 0 Å². The van der Waals surface area contributed by atoms with E-state index in [9.17, 15) is 14.4 Å². The Morgan fingerprint density at radius 2 is 1.71 bits per heavy atom. The van der Waals surface area contributed by atoms with E-state index in [-0.39, 0.29) is 18.1 Å². The van der Waals surface area contributed by atoms with Crippen LogP contribution < -0.4 is 10.6 Å². The number of carbonyl (C=O) groups excluding carboxylic acids is 3.